The Morgan fingerprint density at radius 2 is 1.74 bits per heavy atom. The Bertz CT molecular complexity index is 540. The monoisotopic (exact) mass is 318 g/mol. The highest BCUT2D eigenvalue weighted by Gasteiger charge is 2.38. The molecule has 1 aliphatic heterocycles. The average molecular weight is 319 g/mol. The first kappa shape index (κ1) is 19.9. The van der Waals surface area contributed by atoms with Crippen LogP contribution in [0.15, 0.2) is 22.8 Å². The second-order valence-corrected chi connectivity index (χ2v) is 8.06. The lowest BCUT2D eigenvalue weighted by molar-refractivity contribution is -0.591. The number of carbonyl (C=O) groups is 1. The summed E-state index contributed by atoms with van der Waals surface area (Å²) in [6.45, 7) is 18.7. The highest BCUT2D eigenvalue weighted by atomic mass is 16.1. The molecule has 0 aromatic carbocycles. The zero-order valence-electron chi connectivity index (χ0n) is 16.5. The van der Waals surface area contributed by atoms with Crippen LogP contribution in [-0.2, 0) is 4.79 Å². The third-order valence-corrected chi connectivity index (χ3v) is 4.66. The van der Waals surface area contributed by atoms with Gasteiger partial charge in [-0.15, -0.1) is 0 Å². The Morgan fingerprint density at radius 1 is 1.13 bits per heavy atom. The largest absolute Gasteiger partial charge is 0.300 e. The van der Waals surface area contributed by atoms with Crippen molar-refractivity contribution in [3.05, 3.63) is 22.8 Å². The molecule has 0 atom stereocenters. The molecule has 0 aliphatic carbocycles. The minimum atomic E-state index is 0.0587. The molecule has 0 radical (unpaired) electrons. The summed E-state index contributed by atoms with van der Waals surface area (Å²) in [5.41, 5.74) is 5.80. The predicted molar refractivity (Wildman–Crippen MR) is 100 cm³/mol. The van der Waals surface area contributed by atoms with Crippen molar-refractivity contribution in [1.29, 1.82) is 0 Å². The molecule has 2 heteroatoms. The quantitative estimate of drug-likeness (QED) is 0.459. The van der Waals surface area contributed by atoms with E-state index in [2.05, 4.69) is 59.1 Å². The number of Topliss-reactive ketones (excluding diaryl/α,β-unsaturated/α-hetero) is 1. The minimum absolute atomic E-state index is 0.0587. The van der Waals surface area contributed by atoms with Gasteiger partial charge in [-0.2, -0.15) is 0 Å². The van der Waals surface area contributed by atoms with Crippen LogP contribution in [-0.4, -0.2) is 28.2 Å². The highest BCUT2D eigenvalue weighted by molar-refractivity contribution is 6.02. The normalized spacial score (nSPS) is 17.6. The predicted octanol–water partition coefficient (Wildman–Crippen LogP) is 5.32. The van der Waals surface area contributed by atoms with Gasteiger partial charge in [0, 0.05) is 38.2 Å². The average Bonchev–Trinajstić information content (AvgIpc) is 2.37. The van der Waals surface area contributed by atoms with E-state index in [4.69, 9.17) is 0 Å². The first-order chi connectivity index (χ1) is 10.6. The number of hydrogen-bond donors (Lipinski definition) is 0. The highest BCUT2D eigenvalue weighted by Crippen LogP contribution is 2.31. The third kappa shape index (κ3) is 5.16. The van der Waals surface area contributed by atoms with Gasteiger partial charge in [0.15, 0.2) is 11.3 Å². The minimum Gasteiger partial charge on any atom is -0.300 e. The summed E-state index contributed by atoms with van der Waals surface area (Å²) in [6, 6.07) is 0. The van der Waals surface area contributed by atoms with Gasteiger partial charge < -0.3 is 4.79 Å². The SMILES string of the molecule is CC(=O)CCCCC[N+]1=C(C(C)C)C(=C(C)C)C(C)=CC1(C)C. The van der Waals surface area contributed by atoms with Crippen LogP contribution < -0.4 is 0 Å². The van der Waals surface area contributed by atoms with E-state index in [0.717, 1.165) is 32.2 Å². The van der Waals surface area contributed by atoms with Crippen LogP contribution in [0.5, 0.6) is 0 Å². The fraction of sp³-hybridized carbons (Fsp3) is 0.714. The molecule has 0 aromatic rings. The lowest BCUT2D eigenvalue weighted by Crippen LogP contribution is -2.45. The molecule has 1 heterocycles. The summed E-state index contributed by atoms with van der Waals surface area (Å²) < 4.78 is 2.60. The Kier molecular flexibility index (Phi) is 6.98. The second kappa shape index (κ2) is 8.08. The van der Waals surface area contributed by atoms with Crippen LogP contribution in [0.1, 0.15) is 81.1 Å². The van der Waals surface area contributed by atoms with E-state index in [0.29, 0.717) is 11.7 Å². The zero-order valence-corrected chi connectivity index (χ0v) is 16.5. The van der Waals surface area contributed by atoms with Crippen molar-refractivity contribution >= 4 is 11.5 Å². The van der Waals surface area contributed by atoms with Crippen LogP contribution in [0.3, 0.4) is 0 Å². The zero-order chi connectivity index (χ0) is 17.8. The molecule has 0 amide bonds. The van der Waals surface area contributed by atoms with Gasteiger partial charge in [0.2, 0.25) is 0 Å². The fourth-order valence-corrected chi connectivity index (χ4v) is 3.81. The molecule has 130 valence electrons. The van der Waals surface area contributed by atoms with Gasteiger partial charge in [-0.25, -0.2) is 4.58 Å². The van der Waals surface area contributed by atoms with Gasteiger partial charge in [-0.05, 0) is 52.2 Å². The maximum absolute atomic E-state index is 11.1. The van der Waals surface area contributed by atoms with Gasteiger partial charge in [0.25, 0.3) is 0 Å². The van der Waals surface area contributed by atoms with Crippen LogP contribution in [0.25, 0.3) is 0 Å². The van der Waals surface area contributed by atoms with Crippen LogP contribution in [0.2, 0.25) is 0 Å². The van der Waals surface area contributed by atoms with Crippen LogP contribution >= 0.6 is 0 Å². The number of rotatable bonds is 7. The van der Waals surface area contributed by atoms with E-state index in [9.17, 15) is 4.79 Å². The fourth-order valence-electron chi connectivity index (χ4n) is 3.81. The molecular weight excluding hydrogens is 282 g/mol. The Hall–Kier alpha value is -1.18. The summed E-state index contributed by atoms with van der Waals surface area (Å²) in [5.74, 6) is 0.822. The molecule has 0 unspecified atom stereocenters. The lowest BCUT2D eigenvalue weighted by atomic mass is 9.83. The third-order valence-electron chi connectivity index (χ3n) is 4.66. The van der Waals surface area contributed by atoms with Crippen molar-refractivity contribution in [3.63, 3.8) is 0 Å². The Balaban J connectivity index is 3.05. The summed E-state index contributed by atoms with van der Waals surface area (Å²) in [6.07, 6.45) is 6.43. The first-order valence-electron chi connectivity index (χ1n) is 9.09. The van der Waals surface area contributed by atoms with Gasteiger partial charge in [0.1, 0.15) is 12.3 Å². The topological polar surface area (TPSA) is 20.1 Å². The number of unbranched alkanes of at least 4 members (excludes halogenated alkanes) is 2. The number of carbonyl (C=O) groups excluding carboxylic acids is 1. The number of ketones is 1. The van der Waals surface area contributed by atoms with Gasteiger partial charge in [0.05, 0.1) is 0 Å². The molecule has 0 saturated carbocycles. The maximum Gasteiger partial charge on any atom is 0.186 e. The molecular formula is C21H36NO+. The van der Waals surface area contributed by atoms with Crippen LogP contribution in [0, 0.1) is 5.92 Å². The van der Waals surface area contributed by atoms with E-state index in [1.807, 2.05) is 0 Å². The molecule has 23 heavy (non-hydrogen) atoms. The molecule has 0 aromatic heterocycles. The van der Waals surface area contributed by atoms with Crippen molar-refractivity contribution in [1.82, 2.24) is 0 Å². The number of allylic oxidation sites excluding steroid dienone is 3. The standard InChI is InChI=1S/C21H36NO/c1-15(2)19-17(5)14-21(7,8)22(20(19)16(3)4)13-11-9-10-12-18(6)23/h14,16H,9-13H2,1-8H3/q+1. The van der Waals surface area contributed by atoms with Crippen molar-refractivity contribution in [2.45, 2.75) is 86.6 Å². The maximum atomic E-state index is 11.1. The number of hydrogen-bond acceptors (Lipinski definition) is 1. The molecule has 0 bridgehead atoms. The smallest absolute Gasteiger partial charge is 0.186 e. The van der Waals surface area contributed by atoms with Crippen molar-refractivity contribution in [3.8, 4) is 0 Å². The molecule has 0 N–H and O–H groups in total. The van der Waals surface area contributed by atoms with E-state index < -0.39 is 0 Å². The first-order valence-corrected chi connectivity index (χ1v) is 9.09. The van der Waals surface area contributed by atoms with Crippen molar-refractivity contribution in [2.75, 3.05) is 6.54 Å². The van der Waals surface area contributed by atoms with Gasteiger partial charge in [-0.1, -0.05) is 19.4 Å². The summed E-state index contributed by atoms with van der Waals surface area (Å²) in [7, 11) is 0. The van der Waals surface area contributed by atoms with E-state index in [-0.39, 0.29) is 5.54 Å². The van der Waals surface area contributed by atoms with Gasteiger partial charge >= 0.3 is 0 Å². The van der Waals surface area contributed by atoms with Gasteiger partial charge in [-0.3, -0.25) is 0 Å². The van der Waals surface area contributed by atoms with E-state index in [1.165, 1.54) is 22.4 Å². The Morgan fingerprint density at radius 3 is 2.22 bits per heavy atom. The molecule has 0 saturated heterocycles. The second-order valence-electron chi connectivity index (χ2n) is 8.06. The summed E-state index contributed by atoms with van der Waals surface area (Å²) >= 11 is 0. The lowest BCUT2D eigenvalue weighted by Gasteiger charge is -2.31. The summed E-state index contributed by atoms with van der Waals surface area (Å²) in [4.78, 5) is 11.1. The Labute approximate surface area is 143 Å². The molecule has 1 aliphatic rings. The van der Waals surface area contributed by atoms with E-state index >= 15 is 0 Å². The van der Waals surface area contributed by atoms with Crippen molar-refractivity contribution < 1.29 is 9.37 Å². The number of nitrogens with zero attached hydrogens (tertiary/aromatic N) is 1. The molecule has 1 rings (SSSR count). The van der Waals surface area contributed by atoms with E-state index in [1.54, 1.807) is 6.92 Å². The molecule has 0 spiro atoms. The molecule has 2 nitrogen and oxygen atoms in total. The summed E-state index contributed by atoms with van der Waals surface area (Å²) in [5, 5.41) is 0. The van der Waals surface area contributed by atoms with Crippen molar-refractivity contribution in [2.24, 2.45) is 5.92 Å². The van der Waals surface area contributed by atoms with Crippen LogP contribution in [0.4, 0.5) is 0 Å². The molecule has 0 fully saturated rings.